The van der Waals surface area contributed by atoms with Crippen molar-refractivity contribution in [2.45, 2.75) is 38.8 Å². The van der Waals surface area contributed by atoms with Gasteiger partial charge in [-0.3, -0.25) is 9.47 Å². The van der Waals surface area contributed by atoms with Gasteiger partial charge in [-0.05, 0) is 37.6 Å². The molecule has 3 atom stereocenters. The van der Waals surface area contributed by atoms with Crippen molar-refractivity contribution in [2.75, 3.05) is 26.7 Å². The second-order valence-corrected chi connectivity index (χ2v) is 8.80. The van der Waals surface area contributed by atoms with Gasteiger partial charge < -0.3 is 9.47 Å². The Balaban J connectivity index is 1.51. The van der Waals surface area contributed by atoms with E-state index in [0.29, 0.717) is 35.3 Å². The standard InChI is InChI=1S/C24H27FN6O3/c1-15-10-29(11-16(2)34-15)13-21(25)18-8-20-22(26-9-18)30(24(32)31-23(20)27-14-28-31)12-17-4-6-19(33-3)7-5-17/h4-9,14-16,21H,10-13H2,1-3H3. The fraction of sp³-hybridized carbons (Fsp3) is 0.417. The average molecular weight is 467 g/mol. The van der Waals surface area contributed by atoms with E-state index in [4.69, 9.17) is 9.47 Å². The minimum Gasteiger partial charge on any atom is -0.497 e. The molecule has 3 aromatic heterocycles. The van der Waals surface area contributed by atoms with E-state index in [9.17, 15) is 4.79 Å². The third-order valence-electron chi connectivity index (χ3n) is 6.12. The number of halogens is 1. The molecule has 0 spiro atoms. The molecular weight excluding hydrogens is 439 g/mol. The second kappa shape index (κ2) is 9.11. The van der Waals surface area contributed by atoms with Crippen LogP contribution in [-0.4, -0.2) is 68.0 Å². The van der Waals surface area contributed by atoms with Crippen molar-refractivity contribution in [3.05, 3.63) is 64.5 Å². The fourth-order valence-corrected chi connectivity index (χ4v) is 4.62. The van der Waals surface area contributed by atoms with Crippen LogP contribution in [0.4, 0.5) is 4.39 Å². The quantitative estimate of drug-likeness (QED) is 0.432. The molecule has 4 aromatic rings. The Morgan fingerprint density at radius 1 is 1.15 bits per heavy atom. The predicted octanol–water partition coefficient (Wildman–Crippen LogP) is 2.62. The summed E-state index contributed by atoms with van der Waals surface area (Å²) in [6, 6.07) is 9.18. The summed E-state index contributed by atoms with van der Waals surface area (Å²) >= 11 is 0. The number of morpholine rings is 1. The Bertz CT molecular complexity index is 1360. The highest BCUT2D eigenvalue weighted by molar-refractivity contribution is 5.89. The molecule has 0 aliphatic carbocycles. The number of nitrogens with zero attached hydrogens (tertiary/aromatic N) is 6. The van der Waals surface area contributed by atoms with Crippen LogP contribution in [0.15, 0.2) is 47.7 Å². The van der Waals surface area contributed by atoms with Gasteiger partial charge in [-0.1, -0.05) is 12.1 Å². The zero-order valence-corrected chi connectivity index (χ0v) is 19.4. The first-order valence-corrected chi connectivity index (χ1v) is 11.3. The van der Waals surface area contributed by atoms with E-state index < -0.39 is 6.17 Å². The molecule has 1 aromatic carbocycles. The van der Waals surface area contributed by atoms with Crippen molar-refractivity contribution < 1.29 is 13.9 Å². The van der Waals surface area contributed by atoms with Gasteiger partial charge in [0.05, 0.1) is 31.2 Å². The smallest absolute Gasteiger partial charge is 0.352 e. The molecule has 9 nitrogen and oxygen atoms in total. The zero-order valence-electron chi connectivity index (χ0n) is 19.4. The Morgan fingerprint density at radius 3 is 2.59 bits per heavy atom. The summed E-state index contributed by atoms with van der Waals surface area (Å²) in [5, 5.41) is 4.67. The molecule has 178 valence electrons. The summed E-state index contributed by atoms with van der Waals surface area (Å²) in [4.78, 5) is 24.0. The number of alkyl halides is 1. The van der Waals surface area contributed by atoms with E-state index in [0.717, 1.165) is 11.3 Å². The summed E-state index contributed by atoms with van der Waals surface area (Å²) in [7, 11) is 1.60. The lowest BCUT2D eigenvalue weighted by atomic mass is 10.1. The van der Waals surface area contributed by atoms with E-state index in [1.165, 1.54) is 21.6 Å². The molecular formula is C24H27FN6O3. The maximum absolute atomic E-state index is 15.4. The normalized spacial score (nSPS) is 20.1. The minimum atomic E-state index is -1.24. The summed E-state index contributed by atoms with van der Waals surface area (Å²) in [6.45, 7) is 5.89. The number of hydrogen-bond acceptors (Lipinski definition) is 7. The number of ether oxygens (including phenoxy) is 2. The van der Waals surface area contributed by atoms with Crippen LogP contribution < -0.4 is 10.4 Å². The van der Waals surface area contributed by atoms with E-state index in [1.54, 1.807) is 13.2 Å². The topological polar surface area (TPSA) is 86.8 Å². The first kappa shape index (κ1) is 22.4. The number of rotatable bonds is 6. The second-order valence-electron chi connectivity index (χ2n) is 8.80. The molecule has 0 N–H and O–H groups in total. The van der Waals surface area contributed by atoms with Crippen LogP contribution in [0, 0.1) is 0 Å². The molecule has 1 aliphatic rings. The van der Waals surface area contributed by atoms with Crippen molar-refractivity contribution in [1.29, 1.82) is 0 Å². The Kier molecular flexibility index (Phi) is 6.01. The minimum absolute atomic E-state index is 0.0636. The summed E-state index contributed by atoms with van der Waals surface area (Å²) in [5.41, 5.74) is 1.78. The number of fused-ring (bicyclic) bond motifs is 3. The van der Waals surface area contributed by atoms with Gasteiger partial charge in [0.25, 0.3) is 0 Å². The maximum Gasteiger partial charge on any atom is 0.352 e. The van der Waals surface area contributed by atoms with Crippen LogP contribution >= 0.6 is 0 Å². The lowest BCUT2D eigenvalue weighted by molar-refractivity contribution is -0.0726. The molecule has 0 radical (unpaired) electrons. The van der Waals surface area contributed by atoms with Gasteiger partial charge >= 0.3 is 5.69 Å². The first-order chi connectivity index (χ1) is 16.4. The molecule has 10 heteroatoms. The fourth-order valence-electron chi connectivity index (χ4n) is 4.62. The largest absolute Gasteiger partial charge is 0.497 e. The number of methoxy groups -OCH3 is 1. The third-order valence-corrected chi connectivity index (χ3v) is 6.12. The van der Waals surface area contributed by atoms with Gasteiger partial charge in [0.1, 0.15) is 23.9 Å². The van der Waals surface area contributed by atoms with Crippen LogP contribution in [-0.2, 0) is 11.3 Å². The Hall–Kier alpha value is -3.37. The highest BCUT2D eigenvalue weighted by atomic mass is 19.1. The molecule has 0 amide bonds. The lowest BCUT2D eigenvalue weighted by Crippen LogP contribution is -2.46. The average Bonchev–Trinajstić information content (AvgIpc) is 3.32. The monoisotopic (exact) mass is 466 g/mol. The van der Waals surface area contributed by atoms with Crippen LogP contribution in [0.5, 0.6) is 5.75 Å². The first-order valence-electron chi connectivity index (χ1n) is 11.3. The van der Waals surface area contributed by atoms with Gasteiger partial charge in [0.15, 0.2) is 5.65 Å². The summed E-state index contributed by atoms with van der Waals surface area (Å²) in [5.74, 6) is 0.730. The van der Waals surface area contributed by atoms with Crippen molar-refractivity contribution in [3.8, 4) is 5.75 Å². The molecule has 3 unspecified atom stereocenters. The van der Waals surface area contributed by atoms with Crippen LogP contribution in [0.3, 0.4) is 0 Å². The van der Waals surface area contributed by atoms with E-state index in [-0.39, 0.29) is 31.0 Å². The molecule has 1 aliphatic heterocycles. The molecule has 0 bridgehead atoms. The van der Waals surface area contributed by atoms with Crippen LogP contribution in [0.1, 0.15) is 31.1 Å². The Morgan fingerprint density at radius 2 is 1.88 bits per heavy atom. The number of hydrogen-bond donors (Lipinski definition) is 0. The Labute approximate surface area is 195 Å². The van der Waals surface area contributed by atoms with Crippen LogP contribution in [0.2, 0.25) is 0 Å². The zero-order chi connectivity index (χ0) is 23.8. The van der Waals surface area contributed by atoms with E-state index >= 15 is 4.39 Å². The number of benzene rings is 1. The molecule has 1 saturated heterocycles. The number of pyridine rings is 1. The SMILES string of the molecule is COc1ccc(Cn2c(=O)n3ncnc3c3cc(C(F)CN4CC(C)OC(C)C4)cnc32)cc1. The number of aromatic nitrogens is 5. The predicted molar refractivity (Wildman–Crippen MR) is 125 cm³/mol. The van der Waals surface area contributed by atoms with E-state index in [2.05, 4.69) is 20.0 Å². The third kappa shape index (κ3) is 4.26. The highest BCUT2D eigenvalue weighted by Gasteiger charge is 2.26. The van der Waals surface area contributed by atoms with Gasteiger partial charge in [0.2, 0.25) is 0 Å². The van der Waals surface area contributed by atoms with Crippen molar-refractivity contribution in [3.63, 3.8) is 0 Å². The van der Waals surface area contributed by atoms with Crippen molar-refractivity contribution in [2.24, 2.45) is 0 Å². The van der Waals surface area contributed by atoms with Crippen LogP contribution in [0.25, 0.3) is 16.7 Å². The highest BCUT2D eigenvalue weighted by Crippen LogP contribution is 2.25. The van der Waals surface area contributed by atoms with Gasteiger partial charge in [-0.2, -0.15) is 9.61 Å². The molecule has 1 fully saturated rings. The summed E-state index contributed by atoms with van der Waals surface area (Å²) in [6.07, 6.45) is 1.72. The van der Waals surface area contributed by atoms with Crippen molar-refractivity contribution in [1.82, 2.24) is 29.0 Å². The van der Waals surface area contributed by atoms with E-state index in [1.807, 2.05) is 38.1 Å². The lowest BCUT2D eigenvalue weighted by Gasteiger charge is -2.35. The van der Waals surface area contributed by atoms with Gasteiger partial charge in [-0.25, -0.2) is 19.2 Å². The summed E-state index contributed by atoms with van der Waals surface area (Å²) < 4.78 is 29.1. The van der Waals surface area contributed by atoms with Gasteiger partial charge in [-0.15, -0.1) is 0 Å². The molecule has 4 heterocycles. The molecule has 34 heavy (non-hydrogen) atoms. The maximum atomic E-state index is 15.4. The van der Waals surface area contributed by atoms with Crippen molar-refractivity contribution >= 4 is 16.7 Å². The molecule has 0 saturated carbocycles. The van der Waals surface area contributed by atoms with Gasteiger partial charge in [0, 0.05) is 31.4 Å². The molecule has 5 rings (SSSR count).